The Bertz CT molecular complexity index is 1230. The van der Waals surface area contributed by atoms with E-state index in [0.717, 1.165) is 15.7 Å². The van der Waals surface area contributed by atoms with E-state index in [0.29, 0.717) is 22.9 Å². The van der Waals surface area contributed by atoms with Crippen molar-refractivity contribution in [2.45, 2.75) is 19.1 Å². The summed E-state index contributed by atoms with van der Waals surface area (Å²) in [6.45, 7) is -1.43. The standard InChI is InChI=1S/C20H16F3N3O2/c21-20(22,23)11-26-17-9-13(14-4-2-1-3-12(14)7-8-27)5-6-15(17)18-16(19(26)28)10-24-25-18/h1-6,9-10,27H,7-8,11H2,(H,24,25). The Morgan fingerprint density at radius 1 is 1.11 bits per heavy atom. The lowest BCUT2D eigenvalue weighted by atomic mass is 9.96. The second kappa shape index (κ2) is 6.79. The van der Waals surface area contributed by atoms with Crippen molar-refractivity contribution in [1.29, 1.82) is 0 Å². The maximum Gasteiger partial charge on any atom is 0.406 e. The summed E-state index contributed by atoms with van der Waals surface area (Å²) in [5.41, 5.74) is 2.19. The van der Waals surface area contributed by atoms with Gasteiger partial charge < -0.3 is 5.11 Å². The van der Waals surface area contributed by atoms with Crippen molar-refractivity contribution in [3.63, 3.8) is 0 Å². The second-order valence-corrected chi connectivity index (χ2v) is 6.53. The molecule has 0 fully saturated rings. The summed E-state index contributed by atoms with van der Waals surface area (Å²) in [5, 5.41) is 16.4. The molecular weight excluding hydrogens is 371 g/mol. The Morgan fingerprint density at radius 3 is 2.64 bits per heavy atom. The molecule has 0 aliphatic rings. The molecule has 0 amide bonds. The van der Waals surface area contributed by atoms with E-state index >= 15 is 0 Å². The molecule has 0 spiro atoms. The molecule has 8 heteroatoms. The third-order valence-corrected chi connectivity index (χ3v) is 4.72. The first-order valence-electron chi connectivity index (χ1n) is 8.64. The molecule has 2 heterocycles. The first-order chi connectivity index (χ1) is 13.4. The minimum Gasteiger partial charge on any atom is -0.396 e. The molecule has 0 atom stereocenters. The maximum atomic E-state index is 13.2. The average Bonchev–Trinajstić information content (AvgIpc) is 3.15. The zero-order valence-corrected chi connectivity index (χ0v) is 14.6. The van der Waals surface area contributed by atoms with Gasteiger partial charge in [0.2, 0.25) is 0 Å². The van der Waals surface area contributed by atoms with Crippen LogP contribution in [0.1, 0.15) is 5.56 Å². The van der Waals surface area contributed by atoms with Gasteiger partial charge in [0.1, 0.15) is 6.54 Å². The number of alkyl halides is 3. The highest BCUT2D eigenvalue weighted by Gasteiger charge is 2.30. The first kappa shape index (κ1) is 18.2. The number of benzene rings is 2. The summed E-state index contributed by atoms with van der Waals surface area (Å²) in [5.74, 6) is 0. The number of pyridine rings is 1. The van der Waals surface area contributed by atoms with Crippen molar-refractivity contribution in [3.05, 3.63) is 64.6 Å². The van der Waals surface area contributed by atoms with Crippen LogP contribution in [0.2, 0.25) is 0 Å². The van der Waals surface area contributed by atoms with Gasteiger partial charge in [-0.25, -0.2) is 0 Å². The van der Waals surface area contributed by atoms with Gasteiger partial charge >= 0.3 is 6.18 Å². The Hall–Kier alpha value is -3.13. The van der Waals surface area contributed by atoms with Crippen LogP contribution >= 0.6 is 0 Å². The molecule has 5 nitrogen and oxygen atoms in total. The fraction of sp³-hybridized carbons (Fsp3) is 0.200. The summed E-state index contributed by atoms with van der Waals surface area (Å²) in [7, 11) is 0. The lowest BCUT2D eigenvalue weighted by molar-refractivity contribution is -0.140. The van der Waals surface area contributed by atoms with Gasteiger partial charge in [-0.2, -0.15) is 18.3 Å². The fourth-order valence-corrected chi connectivity index (χ4v) is 3.52. The Kier molecular flexibility index (Phi) is 4.43. The number of fused-ring (bicyclic) bond motifs is 3. The van der Waals surface area contributed by atoms with Crippen LogP contribution in [0.15, 0.2) is 53.5 Å². The minimum absolute atomic E-state index is 0.0435. The highest BCUT2D eigenvalue weighted by Crippen LogP contribution is 2.30. The smallest absolute Gasteiger partial charge is 0.396 e. The van der Waals surface area contributed by atoms with Crippen molar-refractivity contribution < 1.29 is 18.3 Å². The molecule has 0 radical (unpaired) electrons. The number of aromatic nitrogens is 3. The average molecular weight is 387 g/mol. The monoisotopic (exact) mass is 387 g/mol. The number of aliphatic hydroxyl groups is 1. The fourth-order valence-electron chi connectivity index (χ4n) is 3.52. The van der Waals surface area contributed by atoms with Crippen LogP contribution in [0.25, 0.3) is 32.9 Å². The van der Waals surface area contributed by atoms with Gasteiger partial charge in [0, 0.05) is 12.0 Å². The van der Waals surface area contributed by atoms with Gasteiger partial charge in [0.15, 0.2) is 0 Å². The van der Waals surface area contributed by atoms with Gasteiger partial charge in [-0.05, 0) is 29.2 Å². The Morgan fingerprint density at radius 2 is 1.89 bits per heavy atom. The maximum absolute atomic E-state index is 13.2. The van der Waals surface area contributed by atoms with Gasteiger partial charge in [-0.3, -0.25) is 14.5 Å². The molecule has 0 aliphatic heterocycles. The number of aromatic amines is 1. The van der Waals surface area contributed by atoms with E-state index in [1.54, 1.807) is 18.2 Å². The van der Waals surface area contributed by atoms with Crippen molar-refractivity contribution in [2.24, 2.45) is 0 Å². The zero-order valence-electron chi connectivity index (χ0n) is 14.6. The third-order valence-electron chi connectivity index (χ3n) is 4.72. The number of hydrogen-bond acceptors (Lipinski definition) is 3. The molecule has 0 saturated carbocycles. The molecule has 0 aliphatic carbocycles. The highest BCUT2D eigenvalue weighted by molar-refractivity contribution is 6.04. The zero-order chi connectivity index (χ0) is 19.9. The Labute approximate surface area is 157 Å². The molecule has 0 saturated heterocycles. The number of halogens is 3. The third kappa shape index (κ3) is 3.16. The summed E-state index contributed by atoms with van der Waals surface area (Å²) < 4.78 is 40.2. The normalized spacial score (nSPS) is 12.1. The van der Waals surface area contributed by atoms with Crippen LogP contribution in [0, 0.1) is 0 Å². The quantitative estimate of drug-likeness (QED) is 0.562. The molecule has 0 bridgehead atoms. The first-order valence-corrected chi connectivity index (χ1v) is 8.64. The van der Waals surface area contributed by atoms with Crippen LogP contribution in [-0.2, 0) is 13.0 Å². The van der Waals surface area contributed by atoms with E-state index in [2.05, 4.69) is 10.2 Å². The number of rotatable bonds is 4. The lowest BCUT2D eigenvalue weighted by Gasteiger charge is -2.15. The van der Waals surface area contributed by atoms with Crippen LogP contribution < -0.4 is 5.56 Å². The van der Waals surface area contributed by atoms with Crippen molar-refractivity contribution in [1.82, 2.24) is 14.8 Å². The molecule has 2 N–H and O–H groups in total. The number of aliphatic hydroxyl groups excluding tert-OH is 1. The lowest BCUT2D eigenvalue weighted by Crippen LogP contribution is -2.28. The van der Waals surface area contributed by atoms with E-state index in [1.165, 1.54) is 6.20 Å². The summed E-state index contributed by atoms with van der Waals surface area (Å²) in [4.78, 5) is 12.7. The van der Waals surface area contributed by atoms with Crippen molar-refractivity contribution in [3.8, 4) is 11.1 Å². The summed E-state index contributed by atoms with van der Waals surface area (Å²) in [6.07, 6.45) is -2.88. The van der Waals surface area contributed by atoms with Crippen LogP contribution in [0.4, 0.5) is 13.2 Å². The molecule has 28 heavy (non-hydrogen) atoms. The molecule has 2 aromatic carbocycles. The number of H-pyrrole nitrogens is 1. The molecule has 4 aromatic rings. The van der Waals surface area contributed by atoms with E-state index in [4.69, 9.17) is 0 Å². The highest BCUT2D eigenvalue weighted by atomic mass is 19.4. The summed E-state index contributed by atoms with van der Waals surface area (Å²) >= 11 is 0. The molecule has 144 valence electrons. The van der Waals surface area contributed by atoms with E-state index in [1.807, 2.05) is 24.3 Å². The van der Waals surface area contributed by atoms with Crippen LogP contribution in [0.3, 0.4) is 0 Å². The molecule has 2 aromatic heterocycles. The number of nitrogens with zero attached hydrogens (tertiary/aromatic N) is 2. The predicted octanol–water partition coefficient (Wildman–Crippen LogP) is 3.64. The summed E-state index contributed by atoms with van der Waals surface area (Å²) in [6, 6.07) is 12.4. The van der Waals surface area contributed by atoms with Crippen molar-refractivity contribution >= 4 is 21.8 Å². The van der Waals surface area contributed by atoms with E-state index in [9.17, 15) is 23.1 Å². The van der Waals surface area contributed by atoms with Gasteiger partial charge in [0.25, 0.3) is 5.56 Å². The number of nitrogens with one attached hydrogen (secondary N) is 1. The topological polar surface area (TPSA) is 70.9 Å². The minimum atomic E-state index is -4.54. The molecule has 0 unspecified atom stereocenters. The predicted molar refractivity (Wildman–Crippen MR) is 100 cm³/mol. The van der Waals surface area contributed by atoms with Gasteiger partial charge in [-0.15, -0.1) is 0 Å². The molecular formula is C20H16F3N3O2. The Balaban J connectivity index is 2.02. The number of hydrogen-bond donors (Lipinski definition) is 2. The van der Waals surface area contributed by atoms with E-state index < -0.39 is 18.3 Å². The van der Waals surface area contributed by atoms with Gasteiger partial charge in [-0.1, -0.05) is 36.4 Å². The SMILES string of the molecule is O=c1c2cn[nH]c2c2ccc(-c3ccccc3CCO)cc2n1CC(F)(F)F. The van der Waals surface area contributed by atoms with Crippen molar-refractivity contribution in [2.75, 3.05) is 6.61 Å². The van der Waals surface area contributed by atoms with Gasteiger partial charge in [0.05, 0.1) is 22.6 Å². The van der Waals surface area contributed by atoms with Crippen LogP contribution in [-0.4, -0.2) is 32.7 Å². The second-order valence-electron chi connectivity index (χ2n) is 6.53. The molecule has 4 rings (SSSR count). The van der Waals surface area contributed by atoms with E-state index in [-0.39, 0.29) is 17.5 Å². The largest absolute Gasteiger partial charge is 0.406 e. The van der Waals surface area contributed by atoms with Crippen LogP contribution in [0.5, 0.6) is 0 Å².